The zero-order valence-corrected chi connectivity index (χ0v) is 16.8. The first kappa shape index (κ1) is 23.4. The van der Waals surface area contributed by atoms with Crippen LogP contribution >= 0.6 is 7.60 Å². The Balaban J connectivity index is 2.03. The molecule has 0 aliphatic carbocycles. The van der Waals surface area contributed by atoms with E-state index < -0.39 is 62.9 Å². The summed E-state index contributed by atoms with van der Waals surface area (Å²) in [7, 11) is -4.43. The molecule has 13 nitrogen and oxygen atoms in total. The van der Waals surface area contributed by atoms with Crippen molar-refractivity contribution in [1.29, 1.82) is 0 Å². The fourth-order valence-electron chi connectivity index (χ4n) is 2.34. The Hall–Kier alpha value is -2.89. The fraction of sp³-hybridized carbons (Fsp3) is 0.500. The molecule has 2 atom stereocenters. The maximum absolute atomic E-state index is 12.3. The molecule has 2 aromatic heterocycles. The predicted molar refractivity (Wildman–Crippen MR) is 93.6 cm³/mol. The summed E-state index contributed by atoms with van der Waals surface area (Å²) in [5.41, 5.74) is 0. The first-order valence-corrected chi connectivity index (χ1v) is 10.3. The Kier molecular flexibility index (Phi) is 7.59. The molecule has 0 spiro atoms. The maximum Gasteiger partial charge on any atom is 0.519 e. The number of esters is 1. The van der Waals surface area contributed by atoms with Crippen molar-refractivity contribution in [2.75, 3.05) is 6.16 Å². The largest absolute Gasteiger partial charge is 0.519 e. The van der Waals surface area contributed by atoms with Gasteiger partial charge >= 0.3 is 31.2 Å². The lowest BCUT2D eigenvalue weighted by molar-refractivity contribution is -0.150. The van der Waals surface area contributed by atoms with Crippen molar-refractivity contribution in [3.63, 3.8) is 0 Å². The van der Waals surface area contributed by atoms with Crippen LogP contribution in [0.5, 0.6) is 0 Å². The second-order valence-electron chi connectivity index (χ2n) is 6.20. The van der Waals surface area contributed by atoms with E-state index in [1.807, 2.05) is 0 Å². The second kappa shape index (κ2) is 9.74. The average molecular weight is 450 g/mol. The molecule has 0 radical (unpaired) electrons. The number of hydrogen-bond donors (Lipinski definition) is 2. The minimum absolute atomic E-state index is 0.0545. The van der Waals surface area contributed by atoms with E-state index >= 15 is 0 Å². The van der Waals surface area contributed by atoms with E-state index in [-0.39, 0.29) is 29.5 Å². The third kappa shape index (κ3) is 6.87. The third-order valence-corrected chi connectivity index (χ3v) is 5.34. The lowest BCUT2D eigenvalue weighted by atomic mass is 10.1. The molecule has 0 fully saturated rings. The summed E-state index contributed by atoms with van der Waals surface area (Å²) in [6.07, 6.45) is -1.54. The molecule has 0 saturated heterocycles. The Labute approximate surface area is 167 Å². The number of carbonyl (C=O) groups excluding carboxylic acids is 1. The Morgan fingerprint density at radius 2 is 1.53 bits per heavy atom. The summed E-state index contributed by atoms with van der Waals surface area (Å²) in [4.78, 5) is 55.2. The topological polar surface area (TPSA) is 197 Å². The van der Waals surface area contributed by atoms with E-state index in [0.717, 1.165) is 0 Å². The SMILES string of the molecule is Cc1oc(=O)oc1COC(=O)C(CCC(=O)O)CP(=O)(O)OCc1oc(=O)oc1C. The average Bonchev–Trinajstić information content (AvgIpc) is 3.14. The van der Waals surface area contributed by atoms with Gasteiger partial charge in [-0.05, 0) is 20.3 Å². The number of aliphatic carboxylic acids is 1. The summed E-state index contributed by atoms with van der Waals surface area (Å²) in [6, 6.07) is 0. The number of carbonyl (C=O) groups is 2. The number of hydrogen-bond acceptors (Lipinski definition) is 11. The number of carboxylic acids is 1. The molecule has 2 heterocycles. The highest BCUT2D eigenvalue weighted by atomic mass is 31.2. The van der Waals surface area contributed by atoms with Crippen LogP contribution in [-0.2, 0) is 36.6 Å². The van der Waals surface area contributed by atoms with Crippen LogP contribution in [0.1, 0.15) is 35.9 Å². The number of rotatable bonds is 11. The number of carboxylic acid groups (broad SMARTS) is 1. The van der Waals surface area contributed by atoms with E-state index in [2.05, 4.69) is 17.7 Å². The van der Waals surface area contributed by atoms with Crippen LogP contribution in [-0.4, -0.2) is 28.1 Å². The first-order chi connectivity index (χ1) is 14.0. The Morgan fingerprint density at radius 1 is 1.00 bits per heavy atom. The number of aryl methyl sites for hydroxylation is 2. The van der Waals surface area contributed by atoms with Crippen molar-refractivity contribution in [2.45, 2.75) is 39.9 Å². The normalized spacial score (nSPS) is 14.2. The smallest absolute Gasteiger partial charge is 0.481 e. The van der Waals surface area contributed by atoms with E-state index in [1.54, 1.807) is 0 Å². The maximum atomic E-state index is 12.3. The standard InChI is InChI=1S/C16H19O13P/c1-8-11(28-15(20)26-8)5-24-14(19)10(3-4-13(17)18)7-30(22,23)25-6-12-9(2)27-16(21)29-12/h10H,3-7H2,1-2H3,(H,17,18)(H,22,23). The van der Waals surface area contributed by atoms with Gasteiger partial charge in [0.2, 0.25) is 0 Å². The van der Waals surface area contributed by atoms with Crippen molar-refractivity contribution in [2.24, 2.45) is 5.92 Å². The van der Waals surface area contributed by atoms with Crippen molar-refractivity contribution >= 4 is 19.5 Å². The zero-order valence-electron chi connectivity index (χ0n) is 15.9. The van der Waals surface area contributed by atoms with Crippen molar-refractivity contribution < 1.29 is 51.1 Å². The van der Waals surface area contributed by atoms with Crippen LogP contribution in [0.2, 0.25) is 0 Å². The summed E-state index contributed by atoms with van der Waals surface area (Å²) >= 11 is 0. The van der Waals surface area contributed by atoms with Crippen molar-refractivity contribution in [3.8, 4) is 0 Å². The molecule has 0 aromatic carbocycles. The summed E-state index contributed by atoms with van der Waals surface area (Å²) < 4.78 is 40.7. The van der Waals surface area contributed by atoms with Gasteiger partial charge in [0, 0.05) is 6.42 Å². The van der Waals surface area contributed by atoms with Gasteiger partial charge in [-0.3, -0.25) is 14.2 Å². The molecule has 14 heteroatoms. The van der Waals surface area contributed by atoms with Gasteiger partial charge < -0.3 is 36.9 Å². The molecule has 0 amide bonds. The molecule has 0 saturated carbocycles. The molecule has 2 N–H and O–H groups in total. The van der Waals surface area contributed by atoms with Gasteiger partial charge in [-0.2, -0.15) is 0 Å². The van der Waals surface area contributed by atoms with E-state index in [0.29, 0.717) is 0 Å². The Bertz CT molecular complexity index is 1050. The van der Waals surface area contributed by atoms with Gasteiger partial charge in [0.25, 0.3) is 0 Å². The van der Waals surface area contributed by atoms with Crippen molar-refractivity contribution in [1.82, 2.24) is 0 Å². The summed E-state index contributed by atoms with van der Waals surface area (Å²) in [6.45, 7) is 1.72. The van der Waals surface area contributed by atoms with Gasteiger partial charge in [-0.15, -0.1) is 0 Å². The second-order valence-corrected chi connectivity index (χ2v) is 8.10. The highest BCUT2D eigenvalue weighted by Crippen LogP contribution is 2.45. The molecular formula is C16H19O13P. The van der Waals surface area contributed by atoms with Gasteiger partial charge in [0.1, 0.15) is 12.4 Å². The lowest BCUT2D eigenvalue weighted by Crippen LogP contribution is -2.23. The van der Waals surface area contributed by atoms with Crippen LogP contribution in [0.4, 0.5) is 0 Å². The molecular weight excluding hydrogens is 431 g/mol. The first-order valence-electron chi connectivity index (χ1n) is 8.50. The fourth-order valence-corrected chi connectivity index (χ4v) is 3.65. The van der Waals surface area contributed by atoms with Gasteiger partial charge in [0.05, 0.1) is 12.1 Å². The molecule has 2 unspecified atom stereocenters. The quantitative estimate of drug-likeness (QED) is 0.367. The van der Waals surface area contributed by atoms with Crippen LogP contribution in [0, 0.1) is 19.8 Å². The van der Waals surface area contributed by atoms with Gasteiger partial charge in [-0.25, -0.2) is 9.59 Å². The molecule has 30 heavy (non-hydrogen) atoms. The minimum Gasteiger partial charge on any atom is -0.481 e. The highest BCUT2D eigenvalue weighted by molar-refractivity contribution is 7.52. The molecule has 2 rings (SSSR count). The Morgan fingerprint density at radius 3 is 2.00 bits per heavy atom. The van der Waals surface area contributed by atoms with Crippen LogP contribution in [0.15, 0.2) is 27.3 Å². The van der Waals surface area contributed by atoms with Gasteiger partial charge in [-0.1, -0.05) is 0 Å². The molecule has 0 bridgehead atoms. The van der Waals surface area contributed by atoms with Crippen LogP contribution < -0.4 is 11.6 Å². The monoisotopic (exact) mass is 450 g/mol. The van der Waals surface area contributed by atoms with Crippen LogP contribution in [0.25, 0.3) is 0 Å². The lowest BCUT2D eigenvalue weighted by Gasteiger charge is -2.18. The molecule has 0 aliphatic rings. The zero-order chi connectivity index (χ0) is 22.5. The molecule has 0 aliphatic heterocycles. The third-order valence-electron chi connectivity index (χ3n) is 3.91. The summed E-state index contributed by atoms with van der Waals surface area (Å²) in [5.74, 6) is -5.56. The van der Waals surface area contributed by atoms with Crippen molar-refractivity contribution in [3.05, 3.63) is 44.3 Å². The van der Waals surface area contributed by atoms with Gasteiger partial charge in [0.15, 0.2) is 23.9 Å². The van der Waals surface area contributed by atoms with E-state index in [1.165, 1.54) is 13.8 Å². The molecule has 2 aromatic rings. The number of ether oxygens (including phenoxy) is 1. The predicted octanol–water partition coefficient (Wildman–Crippen LogP) is 1.32. The van der Waals surface area contributed by atoms with Crippen LogP contribution in [0.3, 0.4) is 0 Å². The summed E-state index contributed by atoms with van der Waals surface area (Å²) in [5, 5.41) is 8.84. The molecule has 166 valence electrons. The minimum atomic E-state index is -4.43. The highest BCUT2D eigenvalue weighted by Gasteiger charge is 2.32. The van der Waals surface area contributed by atoms with E-state index in [4.69, 9.17) is 14.4 Å². The van der Waals surface area contributed by atoms with E-state index in [9.17, 15) is 28.6 Å².